The van der Waals surface area contributed by atoms with Gasteiger partial charge in [-0.05, 0) is 23.8 Å². The molecule has 4 aromatic rings. The summed E-state index contributed by atoms with van der Waals surface area (Å²) in [6.45, 7) is 0.688. The smallest absolute Gasteiger partial charge is 0.222 e. The molecule has 0 aliphatic carbocycles. The first kappa shape index (κ1) is 14.3. The number of rotatable bonds is 4. The van der Waals surface area contributed by atoms with Gasteiger partial charge in [0, 0.05) is 35.3 Å². The fourth-order valence-electron chi connectivity index (χ4n) is 2.71. The van der Waals surface area contributed by atoms with Crippen molar-refractivity contribution >= 4 is 22.7 Å². The molecule has 2 aromatic heterocycles. The minimum atomic E-state index is 0.261. The van der Waals surface area contributed by atoms with Crippen LogP contribution in [0.1, 0.15) is 5.56 Å². The summed E-state index contributed by atoms with van der Waals surface area (Å²) in [6.07, 6.45) is 1.93. The average molecular weight is 315 g/mol. The van der Waals surface area contributed by atoms with Gasteiger partial charge in [0.1, 0.15) is 5.82 Å². The summed E-state index contributed by atoms with van der Waals surface area (Å²) in [7, 11) is 0. The summed E-state index contributed by atoms with van der Waals surface area (Å²) >= 11 is 0. The zero-order valence-electron chi connectivity index (χ0n) is 13.0. The van der Waals surface area contributed by atoms with E-state index in [-0.39, 0.29) is 5.95 Å². The minimum Gasteiger partial charge on any atom is -0.368 e. The lowest BCUT2D eigenvalue weighted by Crippen LogP contribution is -2.05. The second-order valence-corrected chi connectivity index (χ2v) is 5.62. The van der Waals surface area contributed by atoms with E-state index < -0.39 is 0 Å². The second kappa shape index (κ2) is 6.04. The van der Waals surface area contributed by atoms with Gasteiger partial charge in [-0.15, -0.1) is 0 Å². The molecule has 4 rings (SSSR count). The molecule has 0 bridgehead atoms. The Bertz CT molecular complexity index is 975. The molecule has 5 heteroatoms. The molecule has 118 valence electrons. The number of nitrogens with one attached hydrogen (secondary N) is 2. The Labute approximate surface area is 139 Å². The summed E-state index contributed by atoms with van der Waals surface area (Å²) in [4.78, 5) is 11.8. The number of aromatic amines is 1. The predicted octanol–water partition coefficient (Wildman–Crippen LogP) is 3.82. The summed E-state index contributed by atoms with van der Waals surface area (Å²) < 4.78 is 0. The molecule has 0 aliphatic rings. The van der Waals surface area contributed by atoms with Gasteiger partial charge in [-0.3, -0.25) is 0 Å². The molecule has 0 amide bonds. The van der Waals surface area contributed by atoms with E-state index in [0.717, 1.165) is 28.0 Å². The van der Waals surface area contributed by atoms with Gasteiger partial charge >= 0.3 is 0 Å². The Morgan fingerprint density at radius 1 is 0.958 bits per heavy atom. The lowest BCUT2D eigenvalue weighted by molar-refractivity contribution is 1.09. The Hall–Kier alpha value is -3.34. The van der Waals surface area contributed by atoms with Gasteiger partial charge in [0.05, 0.1) is 5.69 Å². The Morgan fingerprint density at radius 2 is 1.83 bits per heavy atom. The number of aromatic nitrogens is 3. The molecular weight excluding hydrogens is 298 g/mol. The number of benzene rings is 2. The number of anilines is 2. The third-order valence-electron chi connectivity index (χ3n) is 3.91. The molecule has 5 nitrogen and oxygen atoms in total. The molecule has 4 N–H and O–H groups in total. The molecule has 0 spiro atoms. The van der Waals surface area contributed by atoms with Crippen molar-refractivity contribution in [2.24, 2.45) is 0 Å². The van der Waals surface area contributed by atoms with Crippen LogP contribution in [0, 0.1) is 0 Å². The molecule has 2 heterocycles. The minimum absolute atomic E-state index is 0.261. The van der Waals surface area contributed by atoms with E-state index >= 15 is 0 Å². The summed E-state index contributed by atoms with van der Waals surface area (Å²) in [5, 5.41) is 4.45. The number of fused-ring (bicyclic) bond motifs is 1. The number of nitrogens with two attached hydrogens (primary N) is 1. The van der Waals surface area contributed by atoms with E-state index in [9.17, 15) is 0 Å². The SMILES string of the molecule is Nc1nc(NCc2ccccc2)cc(-c2ccc3[nH]ccc3c2)n1. The molecule has 0 radical (unpaired) electrons. The normalized spacial score (nSPS) is 10.8. The monoisotopic (exact) mass is 315 g/mol. The molecule has 0 atom stereocenters. The van der Waals surface area contributed by atoms with Crippen LogP contribution in [-0.2, 0) is 6.54 Å². The van der Waals surface area contributed by atoms with Gasteiger partial charge in [0.2, 0.25) is 5.95 Å². The van der Waals surface area contributed by atoms with Crippen molar-refractivity contribution in [2.45, 2.75) is 6.54 Å². The zero-order chi connectivity index (χ0) is 16.4. The largest absolute Gasteiger partial charge is 0.368 e. The summed E-state index contributed by atoms with van der Waals surface area (Å²) in [5.41, 5.74) is 9.99. The van der Waals surface area contributed by atoms with Crippen molar-refractivity contribution in [2.75, 3.05) is 11.1 Å². The lowest BCUT2D eigenvalue weighted by Gasteiger charge is -2.09. The van der Waals surface area contributed by atoms with Crippen molar-refractivity contribution in [1.29, 1.82) is 0 Å². The number of nitrogen functional groups attached to an aromatic ring is 1. The van der Waals surface area contributed by atoms with Gasteiger partial charge in [-0.1, -0.05) is 36.4 Å². The Morgan fingerprint density at radius 3 is 2.71 bits per heavy atom. The maximum absolute atomic E-state index is 5.89. The summed E-state index contributed by atoms with van der Waals surface area (Å²) in [6, 6.07) is 20.3. The van der Waals surface area contributed by atoms with Gasteiger partial charge < -0.3 is 16.0 Å². The molecule has 2 aromatic carbocycles. The number of hydrogen-bond donors (Lipinski definition) is 3. The second-order valence-electron chi connectivity index (χ2n) is 5.62. The van der Waals surface area contributed by atoms with E-state index in [0.29, 0.717) is 6.54 Å². The molecule has 0 fully saturated rings. The van der Waals surface area contributed by atoms with Crippen LogP contribution in [0.2, 0.25) is 0 Å². The van der Waals surface area contributed by atoms with Crippen molar-refractivity contribution in [3.05, 3.63) is 72.4 Å². The van der Waals surface area contributed by atoms with Crippen molar-refractivity contribution in [3.63, 3.8) is 0 Å². The molecular formula is C19H17N5. The molecule has 24 heavy (non-hydrogen) atoms. The molecule has 0 saturated heterocycles. The predicted molar refractivity (Wildman–Crippen MR) is 97.5 cm³/mol. The fraction of sp³-hybridized carbons (Fsp3) is 0.0526. The third-order valence-corrected chi connectivity index (χ3v) is 3.91. The first-order valence-corrected chi connectivity index (χ1v) is 7.78. The standard InChI is InChI=1S/C19H17N5/c20-19-23-17(14-6-7-16-15(10-14)8-9-21-16)11-18(24-19)22-12-13-4-2-1-3-5-13/h1-11,21H,12H2,(H3,20,22,23,24). The van der Waals surface area contributed by atoms with Crippen LogP contribution in [-0.4, -0.2) is 15.0 Å². The molecule has 0 aliphatic heterocycles. The van der Waals surface area contributed by atoms with Crippen LogP contribution in [0.4, 0.5) is 11.8 Å². The topological polar surface area (TPSA) is 79.6 Å². The number of hydrogen-bond acceptors (Lipinski definition) is 4. The van der Waals surface area contributed by atoms with Crippen molar-refractivity contribution in [3.8, 4) is 11.3 Å². The van der Waals surface area contributed by atoms with E-state index in [1.54, 1.807) is 0 Å². The van der Waals surface area contributed by atoms with Crippen LogP contribution >= 0.6 is 0 Å². The number of H-pyrrole nitrogens is 1. The van der Waals surface area contributed by atoms with Crippen LogP contribution in [0.25, 0.3) is 22.2 Å². The third kappa shape index (κ3) is 2.92. The fourth-order valence-corrected chi connectivity index (χ4v) is 2.71. The van der Waals surface area contributed by atoms with Crippen LogP contribution < -0.4 is 11.1 Å². The first-order valence-electron chi connectivity index (χ1n) is 7.78. The average Bonchev–Trinajstić information content (AvgIpc) is 3.08. The van der Waals surface area contributed by atoms with Crippen LogP contribution in [0.15, 0.2) is 66.9 Å². The highest BCUT2D eigenvalue weighted by atomic mass is 15.1. The Balaban J connectivity index is 1.63. The van der Waals surface area contributed by atoms with E-state index in [1.807, 2.05) is 48.7 Å². The first-order chi connectivity index (χ1) is 11.8. The highest BCUT2D eigenvalue weighted by molar-refractivity contribution is 5.84. The van der Waals surface area contributed by atoms with Gasteiger partial charge in [-0.25, -0.2) is 4.98 Å². The highest BCUT2D eigenvalue weighted by Gasteiger charge is 2.06. The maximum Gasteiger partial charge on any atom is 0.222 e. The van der Waals surface area contributed by atoms with Crippen LogP contribution in [0.5, 0.6) is 0 Å². The van der Waals surface area contributed by atoms with Crippen molar-refractivity contribution < 1.29 is 0 Å². The Kier molecular flexibility index (Phi) is 3.59. The summed E-state index contributed by atoms with van der Waals surface area (Å²) in [5.74, 6) is 0.979. The lowest BCUT2D eigenvalue weighted by atomic mass is 10.1. The van der Waals surface area contributed by atoms with E-state index in [4.69, 9.17) is 5.73 Å². The number of nitrogens with zero attached hydrogens (tertiary/aromatic N) is 2. The molecule has 0 unspecified atom stereocenters. The highest BCUT2D eigenvalue weighted by Crippen LogP contribution is 2.24. The van der Waals surface area contributed by atoms with Crippen LogP contribution in [0.3, 0.4) is 0 Å². The van der Waals surface area contributed by atoms with E-state index in [2.05, 4.69) is 38.5 Å². The quantitative estimate of drug-likeness (QED) is 0.535. The van der Waals surface area contributed by atoms with Gasteiger partial charge in [0.25, 0.3) is 0 Å². The van der Waals surface area contributed by atoms with Gasteiger partial charge in [-0.2, -0.15) is 4.98 Å². The zero-order valence-corrected chi connectivity index (χ0v) is 13.0. The van der Waals surface area contributed by atoms with E-state index in [1.165, 1.54) is 5.56 Å². The van der Waals surface area contributed by atoms with Gasteiger partial charge in [0.15, 0.2) is 0 Å². The molecule has 0 saturated carbocycles. The maximum atomic E-state index is 5.89. The van der Waals surface area contributed by atoms with Crippen molar-refractivity contribution in [1.82, 2.24) is 15.0 Å².